The van der Waals surface area contributed by atoms with Crippen LogP contribution in [0.1, 0.15) is 41.4 Å². The zero-order valence-electron chi connectivity index (χ0n) is 13.7. The molecule has 0 bridgehead atoms. The molecule has 0 aliphatic rings. The Hall–Kier alpha value is -2.69. The van der Waals surface area contributed by atoms with E-state index in [1.54, 1.807) is 0 Å². The van der Waals surface area contributed by atoms with Crippen LogP contribution in [0.3, 0.4) is 0 Å². The summed E-state index contributed by atoms with van der Waals surface area (Å²) in [5.41, 5.74) is 1.99. The molecule has 0 fully saturated rings. The second-order valence-corrected chi connectivity index (χ2v) is 5.44. The number of rotatable bonds is 6. The van der Waals surface area contributed by atoms with Crippen LogP contribution >= 0.6 is 0 Å². The van der Waals surface area contributed by atoms with E-state index in [0.717, 1.165) is 12.0 Å². The molecular weight excluding hydrogens is 309 g/mol. The highest BCUT2D eigenvalue weighted by molar-refractivity contribution is 5.91. The zero-order valence-corrected chi connectivity index (χ0v) is 13.7. The summed E-state index contributed by atoms with van der Waals surface area (Å²) in [4.78, 5) is 23.6. The third-order valence-corrected chi connectivity index (χ3v) is 3.69. The van der Waals surface area contributed by atoms with Crippen molar-refractivity contribution in [1.82, 2.24) is 5.32 Å². The number of nitrogens with one attached hydrogen (secondary N) is 1. The van der Waals surface area contributed by atoms with Gasteiger partial charge in [-0.05, 0) is 36.6 Å². The van der Waals surface area contributed by atoms with Crippen molar-refractivity contribution in [3.63, 3.8) is 0 Å². The first-order valence-corrected chi connectivity index (χ1v) is 7.81. The predicted octanol–water partition coefficient (Wildman–Crippen LogP) is 3.42. The van der Waals surface area contributed by atoms with Gasteiger partial charge in [-0.25, -0.2) is 9.18 Å². The lowest BCUT2D eigenvalue weighted by Crippen LogP contribution is -2.31. The molecule has 5 heteroatoms. The number of benzene rings is 2. The minimum absolute atomic E-state index is 0.187. The summed E-state index contributed by atoms with van der Waals surface area (Å²) in [6.45, 7) is 3.46. The number of amides is 1. The molecule has 2 aromatic carbocycles. The molecule has 0 saturated carbocycles. The van der Waals surface area contributed by atoms with E-state index in [9.17, 15) is 14.0 Å². The lowest BCUT2D eigenvalue weighted by molar-refractivity contribution is -0.124. The average molecular weight is 329 g/mol. The van der Waals surface area contributed by atoms with Crippen molar-refractivity contribution in [3.8, 4) is 0 Å². The highest BCUT2D eigenvalue weighted by Crippen LogP contribution is 2.14. The van der Waals surface area contributed by atoms with Gasteiger partial charge in [0, 0.05) is 0 Å². The Morgan fingerprint density at radius 3 is 2.42 bits per heavy atom. The number of esters is 1. The van der Waals surface area contributed by atoms with Gasteiger partial charge in [0.25, 0.3) is 5.91 Å². The molecule has 0 unspecified atom stereocenters. The van der Waals surface area contributed by atoms with Gasteiger partial charge in [-0.3, -0.25) is 4.79 Å². The van der Waals surface area contributed by atoms with Crippen molar-refractivity contribution >= 4 is 11.9 Å². The second-order valence-electron chi connectivity index (χ2n) is 5.44. The summed E-state index contributed by atoms with van der Waals surface area (Å²) in [5.74, 6) is -1.97. The average Bonchev–Trinajstić information content (AvgIpc) is 2.60. The largest absolute Gasteiger partial charge is 0.452 e. The van der Waals surface area contributed by atoms with Crippen LogP contribution in [-0.2, 0) is 16.0 Å². The van der Waals surface area contributed by atoms with Crippen molar-refractivity contribution in [1.29, 1.82) is 0 Å². The van der Waals surface area contributed by atoms with Crippen LogP contribution in [0.5, 0.6) is 0 Å². The van der Waals surface area contributed by atoms with E-state index in [1.807, 2.05) is 31.2 Å². The van der Waals surface area contributed by atoms with Gasteiger partial charge >= 0.3 is 5.97 Å². The Bertz CT molecular complexity index is 713. The van der Waals surface area contributed by atoms with Crippen LogP contribution in [0.15, 0.2) is 48.5 Å². The summed E-state index contributed by atoms with van der Waals surface area (Å²) in [5, 5.41) is 2.75. The molecule has 2 rings (SSSR count). The molecule has 1 atom stereocenters. The summed E-state index contributed by atoms with van der Waals surface area (Å²) >= 11 is 0. The van der Waals surface area contributed by atoms with Gasteiger partial charge in [0.1, 0.15) is 5.82 Å². The first-order chi connectivity index (χ1) is 11.5. The first kappa shape index (κ1) is 17.7. The Balaban J connectivity index is 1.86. The van der Waals surface area contributed by atoms with E-state index in [0.29, 0.717) is 0 Å². The standard InChI is InChI=1S/C19H20FNO3/c1-3-14-8-10-15(11-9-14)13(2)21-18(22)12-24-19(23)16-6-4-5-7-17(16)20/h4-11,13H,3,12H2,1-2H3,(H,21,22)/t13-/m0/s1. The third-order valence-electron chi connectivity index (χ3n) is 3.69. The zero-order chi connectivity index (χ0) is 17.5. The van der Waals surface area contributed by atoms with Gasteiger partial charge in [-0.15, -0.1) is 0 Å². The molecule has 0 aliphatic heterocycles. The number of halogens is 1. The number of carbonyl (C=O) groups excluding carboxylic acids is 2. The van der Waals surface area contributed by atoms with Crippen LogP contribution in [0.4, 0.5) is 4.39 Å². The van der Waals surface area contributed by atoms with Crippen LogP contribution < -0.4 is 5.32 Å². The molecule has 24 heavy (non-hydrogen) atoms. The quantitative estimate of drug-likeness (QED) is 0.826. The Morgan fingerprint density at radius 2 is 1.79 bits per heavy atom. The van der Waals surface area contributed by atoms with Crippen molar-refractivity contribution < 1.29 is 18.7 Å². The number of hydrogen-bond acceptors (Lipinski definition) is 3. The fraction of sp³-hybridized carbons (Fsp3) is 0.263. The Kier molecular flexibility index (Phi) is 6.07. The van der Waals surface area contributed by atoms with Crippen LogP contribution in [-0.4, -0.2) is 18.5 Å². The van der Waals surface area contributed by atoms with Gasteiger partial charge < -0.3 is 10.1 Å². The molecule has 2 aromatic rings. The van der Waals surface area contributed by atoms with Gasteiger partial charge in [0.05, 0.1) is 11.6 Å². The summed E-state index contributed by atoms with van der Waals surface area (Å²) < 4.78 is 18.3. The summed E-state index contributed by atoms with van der Waals surface area (Å²) in [7, 11) is 0. The normalized spacial score (nSPS) is 11.6. The second kappa shape index (κ2) is 8.24. The molecule has 1 amide bonds. The summed E-state index contributed by atoms with van der Waals surface area (Å²) in [6.07, 6.45) is 0.951. The van der Waals surface area contributed by atoms with E-state index in [4.69, 9.17) is 4.74 Å². The molecule has 0 saturated heterocycles. The molecule has 126 valence electrons. The molecule has 1 N–H and O–H groups in total. The minimum Gasteiger partial charge on any atom is -0.452 e. The third kappa shape index (κ3) is 4.65. The lowest BCUT2D eigenvalue weighted by Gasteiger charge is -2.15. The van der Waals surface area contributed by atoms with Crippen molar-refractivity contribution in [2.45, 2.75) is 26.3 Å². The van der Waals surface area contributed by atoms with Crippen molar-refractivity contribution in [2.75, 3.05) is 6.61 Å². The lowest BCUT2D eigenvalue weighted by atomic mass is 10.1. The first-order valence-electron chi connectivity index (χ1n) is 7.81. The predicted molar refractivity (Wildman–Crippen MR) is 89.1 cm³/mol. The van der Waals surface area contributed by atoms with E-state index in [2.05, 4.69) is 12.2 Å². The number of ether oxygens (including phenoxy) is 1. The molecule has 0 heterocycles. The van der Waals surface area contributed by atoms with E-state index in [-0.39, 0.29) is 11.6 Å². The molecular formula is C19H20FNO3. The fourth-order valence-corrected chi connectivity index (χ4v) is 2.24. The molecule has 4 nitrogen and oxygen atoms in total. The van der Waals surface area contributed by atoms with Crippen LogP contribution in [0, 0.1) is 5.82 Å². The smallest absolute Gasteiger partial charge is 0.341 e. The van der Waals surface area contributed by atoms with Gasteiger partial charge in [-0.1, -0.05) is 43.3 Å². The topological polar surface area (TPSA) is 55.4 Å². The maximum Gasteiger partial charge on any atom is 0.341 e. The van der Waals surface area contributed by atoms with Crippen LogP contribution in [0.25, 0.3) is 0 Å². The number of aryl methyl sites for hydroxylation is 1. The van der Waals surface area contributed by atoms with Crippen molar-refractivity contribution in [3.05, 3.63) is 71.0 Å². The maximum absolute atomic E-state index is 13.5. The molecule has 0 aromatic heterocycles. The monoisotopic (exact) mass is 329 g/mol. The number of hydrogen-bond donors (Lipinski definition) is 1. The van der Waals surface area contributed by atoms with Gasteiger partial charge in [-0.2, -0.15) is 0 Å². The van der Waals surface area contributed by atoms with Gasteiger partial charge in [0.15, 0.2) is 6.61 Å². The molecule has 0 aliphatic carbocycles. The van der Waals surface area contributed by atoms with Crippen molar-refractivity contribution in [2.24, 2.45) is 0 Å². The minimum atomic E-state index is -0.858. The van der Waals surface area contributed by atoms with Crippen LogP contribution in [0.2, 0.25) is 0 Å². The van der Waals surface area contributed by atoms with E-state index in [1.165, 1.54) is 29.8 Å². The number of carbonyl (C=O) groups is 2. The fourth-order valence-electron chi connectivity index (χ4n) is 2.24. The highest BCUT2D eigenvalue weighted by atomic mass is 19.1. The highest BCUT2D eigenvalue weighted by Gasteiger charge is 2.15. The molecule has 0 radical (unpaired) electrons. The molecule has 0 spiro atoms. The Morgan fingerprint density at radius 1 is 1.12 bits per heavy atom. The summed E-state index contributed by atoms with van der Waals surface area (Å²) in [6, 6.07) is 13.2. The maximum atomic E-state index is 13.5. The van der Waals surface area contributed by atoms with E-state index < -0.39 is 24.3 Å². The van der Waals surface area contributed by atoms with E-state index >= 15 is 0 Å². The Labute approximate surface area is 140 Å². The SMILES string of the molecule is CCc1ccc([C@H](C)NC(=O)COC(=O)c2ccccc2F)cc1. The van der Waals surface area contributed by atoms with Gasteiger partial charge in [0.2, 0.25) is 0 Å².